The van der Waals surface area contributed by atoms with Gasteiger partial charge >= 0.3 is 17.9 Å². The van der Waals surface area contributed by atoms with Crippen LogP contribution in [-0.4, -0.2) is 17.9 Å². The maximum atomic E-state index is 13.3. The van der Waals surface area contributed by atoms with E-state index in [2.05, 4.69) is 63.7 Å². The largest absolute Gasteiger partial charge is 0.454 e. The molecule has 0 unspecified atom stereocenters. The first-order chi connectivity index (χ1) is 17.5. The van der Waals surface area contributed by atoms with E-state index in [-0.39, 0.29) is 28.9 Å². The summed E-state index contributed by atoms with van der Waals surface area (Å²) in [6, 6.07) is 8.67. The second kappa shape index (κ2) is 9.68. The highest BCUT2D eigenvalue weighted by Gasteiger charge is 2.55. The number of fused-ring (bicyclic) bond motifs is 6. The number of ether oxygens (including phenoxy) is 4. The van der Waals surface area contributed by atoms with E-state index in [1.54, 1.807) is 24.3 Å². The lowest BCUT2D eigenvalue weighted by atomic mass is 9.77. The van der Waals surface area contributed by atoms with E-state index < -0.39 is 23.5 Å². The van der Waals surface area contributed by atoms with E-state index in [0.717, 1.165) is 5.56 Å². The van der Waals surface area contributed by atoms with Crippen molar-refractivity contribution in [2.24, 2.45) is 0 Å². The van der Waals surface area contributed by atoms with E-state index in [9.17, 15) is 14.4 Å². The van der Waals surface area contributed by atoms with Gasteiger partial charge < -0.3 is 18.9 Å². The monoisotopic (exact) mass is 776 g/mol. The second-order valence-corrected chi connectivity index (χ2v) is 11.7. The van der Waals surface area contributed by atoms with E-state index in [1.165, 1.54) is 13.8 Å². The summed E-state index contributed by atoms with van der Waals surface area (Å²) in [5, 5.41) is 0. The van der Waals surface area contributed by atoms with Crippen LogP contribution in [0.2, 0.25) is 0 Å². The number of esters is 3. The molecular weight excluding hydrogens is 767 g/mol. The Balaban J connectivity index is 1.90. The summed E-state index contributed by atoms with van der Waals surface area (Å²) in [6.07, 6.45) is 0. The van der Waals surface area contributed by atoms with Crippen LogP contribution in [0.25, 0.3) is 0 Å². The van der Waals surface area contributed by atoms with Crippen LogP contribution in [0, 0.1) is 0 Å². The average Bonchev–Trinajstić information content (AvgIpc) is 3.13. The molecule has 37 heavy (non-hydrogen) atoms. The Morgan fingerprint density at radius 3 is 1.84 bits per heavy atom. The van der Waals surface area contributed by atoms with Gasteiger partial charge in [0.1, 0.15) is 8.95 Å². The lowest BCUT2D eigenvalue weighted by molar-refractivity contribution is -0.132. The fourth-order valence-electron chi connectivity index (χ4n) is 4.41. The van der Waals surface area contributed by atoms with Crippen molar-refractivity contribution in [3.8, 4) is 23.0 Å². The molecule has 0 fully saturated rings. The smallest absolute Gasteiger partial charge is 0.340 e. The first-order valence-electron chi connectivity index (χ1n) is 10.5. The molecule has 0 atom stereocenters. The molecule has 190 valence electrons. The predicted octanol–water partition coefficient (Wildman–Crippen LogP) is 7.89. The molecule has 1 spiro atoms. The summed E-state index contributed by atoms with van der Waals surface area (Å²) < 4.78 is 24.8. The van der Waals surface area contributed by atoms with Crippen LogP contribution in [0.15, 0.2) is 48.2 Å². The van der Waals surface area contributed by atoms with Crippen molar-refractivity contribution >= 4 is 93.2 Å². The Hall–Kier alpha value is -1.92. The van der Waals surface area contributed by atoms with Gasteiger partial charge in [0.25, 0.3) is 0 Å². The molecule has 7 nitrogen and oxygen atoms in total. The van der Waals surface area contributed by atoms with Gasteiger partial charge in [-0.15, -0.1) is 11.6 Å². The standard InChI is InChI=1S/C25H13Br4ClO7/c1-9(31)34-22-16(26)6-14-20(18(22)28)36-21-15(7-17(27)23(19(21)29)35-10(2)32)25(14)13-4-3-11(8-30)5-12(13)24(33)37-25/h3-7H,8H2,1-2H3. The zero-order valence-electron chi connectivity index (χ0n) is 18.8. The van der Waals surface area contributed by atoms with E-state index in [0.29, 0.717) is 40.1 Å². The molecule has 0 radical (unpaired) electrons. The lowest BCUT2D eigenvalue weighted by Gasteiger charge is -2.38. The van der Waals surface area contributed by atoms with Gasteiger partial charge in [0.2, 0.25) is 0 Å². The number of hydrogen-bond donors (Lipinski definition) is 0. The normalized spacial score (nSPS) is 14.3. The van der Waals surface area contributed by atoms with Gasteiger partial charge in [-0.3, -0.25) is 9.59 Å². The van der Waals surface area contributed by atoms with Crippen LogP contribution < -0.4 is 14.2 Å². The third-order valence-corrected chi connectivity index (χ3v) is 8.73. The zero-order valence-corrected chi connectivity index (χ0v) is 25.9. The molecule has 2 aliphatic rings. The summed E-state index contributed by atoms with van der Waals surface area (Å²) >= 11 is 20.0. The zero-order chi connectivity index (χ0) is 26.8. The molecule has 0 aliphatic carbocycles. The van der Waals surface area contributed by atoms with Crippen LogP contribution in [0.1, 0.15) is 46.5 Å². The van der Waals surface area contributed by atoms with Crippen LogP contribution >= 0.6 is 75.3 Å². The van der Waals surface area contributed by atoms with Gasteiger partial charge in [0, 0.05) is 25.3 Å². The molecule has 3 aromatic rings. The summed E-state index contributed by atoms with van der Waals surface area (Å²) in [7, 11) is 0. The number of carbonyl (C=O) groups excluding carboxylic acids is 3. The van der Waals surface area contributed by atoms with E-state index >= 15 is 0 Å². The number of rotatable bonds is 3. The van der Waals surface area contributed by atoms with Crippen molar-refractivity contribution in [1.29, 1.82) is 0 Å². The third kappa shape index (κ3) is 4.14. The van der Waals surface area contributed by atoms with Crippen molar-refractivity contribution in [3.63, 3.8) is 0 Å². The lowest BCUT2D eigenvalue weighted by Crippen LogP contribution is -2.33. The number of benzene rings is 3. The molecule has 0 bridgehead atoms. The molecule has 0 saturated heterocycles. The highest BCUT2D eigenvalue weighted by Crippen LogP contribution is 2.62. The molecule has 0 aromatic heterocycles. The minimum Gasteiger partial charge on any atom is -0.454 e. The van der Waals surface area contributed by atoms with Crippen molar-refractivity contribution in [2.45, 2.75) is 25.3 Å². The van der Waals surface area contributed by atoms with Crippen LogP contribution in [0.5, 0.6) is 23.0 Å². The molecule has 0 amide bonds. The topological polar surface area (TPSA) is 88.1 Å². The Kier molecular flexibility index (Phi) is 6.98. The summed E-state index contributed by atoms with van der Waals surface area (Å²) in [5.74, 6) is -0.567. The quantitative estimate of drug-likeness (QED) is 0.152. The number of hydrogen-bond acceptors (Lipinski definition) is 7. The highest BCUT2D eigenvalue weighted by molar-refractivity contribution is 9.11. The minimum atomic E-state index is -1.46. The number of halogens is 5. The highest BCUT2D eigenvalue weighted by atomic mass is 79.9. The maximum Gasteiger partial charge on any atom is 0.340 e. The Morgan fingerprint density at radius 2 is 1.38 bits per heavy atom. The Bertz CT molecular complexity index is 1480. The molecular formula is C25H13Br4ClO7. The SMILES string of the molecule is CC(=O)Oc1c(Br)cc2c(c1Br)Oc1c(cc(Br)c(OC(C)=O)c1Br)C21OC(=O)c2cc(CCl)ccc21. The first-order valence-corrected chi connectivity index (χ1v) is 14.2. The van der Waals surface area contributed by atoms with Crippen LogP contribution in [-0.2, 0) is 25.8 Å². The molecule has 3 aromatic carbocycles. The molecule has 12 heteroatoms. The Labute approximate surface area is 249 Å². The fraction of sp³-hybridized carbons (Fsp3) is 0.160. The van der Waals surface area contributed by atoms with Crippen LogP contribution in [0.3, 0.4) is 0 Å². The van der Waals surface area contributed by atoms with Gasteiger partial charge in [-0.2, -0.15) is 0 Å². The van der Waals surface area contributed by atoms with E-state index in [1.807, 2.05) is 6.07 Å². The van der Waals surface area contributed by atoms with Gasteiger partial charge in [-0.1, -0.05) is 12.1 Å². The molecule has 5 rings (SSSR count). The second-order valence-electron chi connectivity index (χ2n) is 8.13. The molecule has 0 N–H and O–H groups in total. The summed E-state index contributed by atoms with van der Waals surface area (Å²) in [5.41, 5.74) is 1.15. The van der Waals surface area contributed by atoms with E-state index in [4.69, 9.17) is 30.5 Å². The van der Waals surface area contributed by atoms with Gasteiger partial charge in [-0.05, 0) is 87.5 Å². The van der Waals surface area contributed by atoms with Crippen molar-refractivity contribution < 1.29 is 33.3 Å². The minimum absolute atomic E-state index is 0.181. The first kappa shape index (κ1) is 26.7. The van der Waals surface area contributed by atoms with Crippen molar-refractivity contribution in [1.82, 2.24) is 0 Å². The fourth-order valence-corrected chi connectivity index (χ4v) is 7.30. The average molecular weight is 780 g/mol. The number of carbonyl (C=O) groups is 3. The van der Waals surface area contributed by atoms with Gasteiger partial charge in [0.05, 0.1) is 25.6 Å². The maximum absolute atomic E-state index is 13.3. The van der Waals surface area contributed by atoms with Crippen molar-refractivity contribution in [2.75, 3.05) is 0 Å². The van der Waals surface area contributed by atoms with Gasteiger partial charge in [0.15, 0.2) is 28.6 Å². The van der Waals surface area contributed by atoms with Crippen LogP contribution in [0.4, 0.5) is 0 Å². The molecule has 0 saturated carbocycles. The summed E-state index contributed by atoms with van der Waals surface area (Å²) in [6.45, 7) is 2.55. The molecule has 2 aliphatic heterocycles. The molecule has 2 heterocycles. The number of alkyl halides is 1. The Morgan fingerprint density at radius 1 is 0.865 bits per heavy atom. The predicted molar refractivity (Wildman–Crippen MR) is 148 cm³/mol. The van der Waals surface area contributed by atoms with Crippen molar-refractivity contribution in [3.05, 3.63) is 76.0 Å². The third-order valence-electron chi connectivity index (χ3n) is 5.80. The summed E-state index contributed by atoms with van der Waals surface area (Å²) in [4.78, 5) is 36.9. The van der Waals surface area contributed by atoms with Gasteiger partial charge in [-0.25, -0.2) is 4.79 Å².